The van der Waals surface area contributed by atoms with Gasteiger partial charge in [0, 0.05) is 23.4 Å². The van der Waals surface area contributed by atoms with Crippen molar-refractivity contribution in [2.45, 2.75) is 55.5 Å². The Morgan fingerprint density at radius 1 is 1.24 bits per heavy atom. The van der Waals surface area contributed by atoms with Crippen molar-refractivity contribution in [3.05, 3.63) is 35.2 Å². The zero-order valence-corrected chi connectivity index (χ0v) is 13.1. The van der Waals surface area contributed by atoms with E-state index in [4.69, 9.17) is 5.73 Å². The third-order valence-electron chi connectivity index (χ3n) is 4.39. The van der Waals surface area contributed by atoms with Crippen molar-refractivity contribution < 1.29 is 0 Å². The number of hydrogen-bond acceptors (Lipinski definition) is 4. The summed E-state index contributed by atoms with van der Waals surface area (Å²) in [5.41, 5.74) is 9.33. The van der Waals surface area contributed by atoms with Crippen molar-refractivity contribution in [3.8, 4) is 0 Å². The summed E-state index contributed by atoms with van der Waals surface area (Å²) < 4.78 is 2.41. The molecule has 2 aliphatic rings. The molecule has 0 bridgehead atoms. The zero-order chi connectivity index (χ0) is 14.4. The lowest BCUT2D eigenvalue weighted by Crippen LogP contribution is -2.02. The van der Waals surface area contributed by atoms with Crippen molar-refractivity contribution in [2.24, 2.45) is 0 Å². The number of aromatic nitrogens is 3. The molecule has 0 atom stereocenters. The predicted molar refractivity (Wildman–Crippen MR) is 85.4 cm³/mol. The molecule has 0 spiro atoms. The SMILES string of the molecule is Cc1c(N)cccc1CSc1nnc(C2CC2)n1C1CC1. The average Bonchev–Trinajstić information content (AvgIpc) is 3.39. The van der Waals surface area contributed by atoms with Gasteiger partial charge in [-0.2, -0.15) is 0 Å². The van der Waals surface area contributed by atoms with Gasteiger partial charge in [0.25, 0.3) is 0 Å². The van der Waals surface area contributed by atoms with Crippen molar-refractivity contribution >= 4 is 17.4 Å². The lowest BCUT2D eigenvalue weighted by Gasteiger charge is -2.10. The minimum Gasteiger partial charge on any atom is -0.399 e. The van der Waals surface area contributed by atoms with Gasteiger partial charge in [-0.25, -0.2) is 0 Å². The molecule has 2 N–H and O–H groups in total. The van der Waals surface area contributed by atoms with Gasteiger partial charge in [-0.3, -0.25) is 0 Å². The van der Waals surface area contributed by atoms with Gasteiger partial charge in [0.05, 0.1) is 0 Å². The van der Waals surface area contributed by atoms with E-state index in [-0.39, 0.29) is 0 Å². The number of nitrogen functional groups attached to an aromatic ring is 1. The van der Waals surface area contributed by atoms with E-state index in [2.05, 4.69) is 27.8 Å². The maximum absolute atomic E-state index is 5.99. The summed E-state index contributed by atoms with van der Waals surface area (Å²) in [4.78, 5) is 0. The Hall–Kier alpha value is -1.49. The van der Waals surface area contributed by atoms with Gasteiger partial charge in [-0.05, 0) is 49.8 Å². The molecule has 0 saturated heterocycles. The third kappa shape index (κ3) is 2.55. The molecule has 110 valence electrons. The van der Waals surface area contributed by atoms with Gasteiger partial charge < -0.3 is 10.3 Å². The lowest BCUT2D eigenvalue weighted by atomic mass is 10.1. The van der Waals surface area contributed by atoms with Crippen LogP contribution in [0.2, 0.25) is 0 Å². The Kier molecular flexibility index (Phi) is 3.17. The predicted octanol–water partition coefficient (Wildman–Crippen LogP) is 3.67. The quantitative estimate of drug-likeness (QED) is 0.676. The molecule has 0 aliphatic heterocycles. The Bertz CT molecular complexity index is 671. The van der Waals surface area contributed by atoms with Crippen molar-refractivity contribution in [2.75, 3.05) is 5.73 Å². The normalized spacial score (nSPS) is 18.1. The van der Waals surface area contributed by atoms with Crippen molar-refractivity contribution in [3.63, 3.8) is 0 Å². The van der Waals surface area contributed by atoms with Crippen LogP contribution < -0.4 is 5.73 Å². The summed E-state index contributed by atoms with van der Waals surface area (Å²) in [5, 5.41) is 9.99. The second kappa shape index (κ2) is 5.05. The van der Waals surface area contributed by atoms with Crippen molar-refractivity contribution in [1.82, 2.24) is 14.8 Å². The highest BCUT2D eigenvalue weighted by atomic mass is 32.2. The first-order chi connectivity index (χ1) is 10.2. The van der Waals surface area contributed by atoms with Gasteiger partial charge in [-0.15, -0.1) is 10.2 Å². The molecule has 2 saturated carbocycles. The molecule has 0 unspecified atom stereocenters. The topological polar surface area (TPSA) is 56.7 Å². The van der Waals surface area contributed by atoms with E-state index in [0.717, 1.165) is 16.6 Å². The number of rotatable bonds is 5. The zero-order valence-electron chi connectivity index (χ0n) is 12.2. The van der Waals surface area contributed by atoms with Gasteiger partial charge in [0.2, 0.25) is 0 Å². The molecular weight excluding hydrogens is 280 g/mol. The molecule has 1 aromatic carbocycles. The van der Waals surface area contributed by atoms with Crippen LogP contribution in [0.4, 0.5) is 5.69 Å². The fraction of sp³-hybridized carbons (Fsp3) is 0.500. The van der Waals surface area contributed by atoms with Gasteiger partial charge in [-0.1, -0.05) is 23.9 Å². The number of nitrogens with zero attached hydrogens (tertiary/aromatic N) is 3. The van der Waals surface area contributed by atoms with Crippen molar-refractivity contribution in [1.29, 1.82) is 0 Å². The molecule has 2 aliphatic carbocycles. The number of anilines is 1. The van der Waals surface area contributed by atoms with E-state index in [1.54, 1.807) is 11.8 Å². The lowest BCUT2D eigenvalue weighted by molar-refractivity contribution is 0.627. The molecule has 1 heterocycles. The Labute approximate surface area is 129 Å². The van der Waals surface area contributed by atoms with E-state index >= 15 is 0 Å². The van der Waals surface area contributed by atoms with Crippen LogP contribution in [0, 0.1) is 6.92 Å². The van der Waals surface area contributed by atoms with Crippen LogP contribution in [0.1, 0.15) is 54.6 Å². The average molecular weight is 300 g/mol. The highest BCUT2D eigenvalue weighted by molar-refractivity contribution is 7.98. The van der Waals surface area contributed by atoms with E-state index in [1.165, 1.54) is 42.6 Å². The molecule has 5 heteroatoms. The van der Waals surface area contributed by atoms with Crippen LogP contribution in [0.15, 0.2) is 23.4 Å². The monoisotopic (exact) mass is 300 g/mol. The van der Waals surface area contributed by atoms with Crippen LogP contribution in [0.25, 0.3) is 0 Å². The summed E-state index contributed by atoms with van der Waals surface area (Å²) in [6.45, 7) is 2.09. The maximum atomic E-state index is 5.99. The first-order valence-corrected chi connectivity index (χ1v) is 8.64. The van der Waals surface area contributed by atoms with E-state index in [9.17, 15) is 0 Å². The summed E-state index contributed by atoms with van der Waals surface area (Å²) in [6.07, 6.45) is 5.12. The second-order valence-electron chi connectivity index (χ2n) is 6.14. The van der Waals surface area contributed by atoms with Crippen LogP contribution >= 0.6 is 11.8 Å². The van der Waals surface area contributed by atoms with Crippen LogP contribution in [0.5, 0.6) is 0 Å². The van der Waals surface area contributed by atoms with Gasteiger partial charge in [0.15, 0.2) is 5.16 Å². The summed E-state index contributed by atoms with van der Waals surface area (Å²) >= 11 is 1.79. The minimum atomic E-state index is 0.653. The second-order valence-corrected chi connectivity index (χ2v) is 7.08. The summed E-state index contributed by atoms with van der Waals surface area (Å²) in [5.74, 6) is 2.80. The molecule has 0 amide bonds. The molecule has 2 aromatic rings. The smallest absolute Gasteiger partial charge is 0.191 e. The molecule has 4 rings (SSSR count). The van der Waals surface area contributed by atoms with Gasteiger partial charge in [0.1, 0.15) is 5.82 Å². The van der Waals surface area contributed by atoms with E-state index < -0.39 is 0 Å². The maximum Gasteiger partial charge on any atom is 0.191 e. The van der Waals surface area contributed by atoms with E-state index in [1.807, 2.05) is 12.1 Å². The number of hydrogen-bond donors (Lipinski definition) is 1. The fourth-order valence-electron chi connectivity index (χ4n) is 2.68. The largest absolute Gasteiger partial charge is 0.399 e. The molecule has 1 aromatic heterocycles. The molecule has 4 nitrogen and oxygen atoms in total. The highest BCUT2D eigenvalue weighted by Gasteiger charge is 2.36. The third-order valence-corrected chi connectivity index (χ3v) is 5.38. The minimum absolute atomic E-state index is 0.653. The van der Waals surface area contributed by atoms with Crippen LogP contribution in [0.3, 0.4) is 0 Å². The molecular formula is C16H20N4S. The standard InChI is InChI=1S/C16H20N4S/c1-10-12(3-2-4-14(10)17)9-21-16-19-18-15(11-5-6-11)20(16)13-7-8-13/h2-4,11,13H,5-9,17H2,1H3. The summed E-state index contributed by atoms with van der Waals surface area (Å²) in [6, 6.07) is 6.79. The number of nitrogens with two attached hydrogens (primary N) is 1. The highest BCUT2D eigenvalue weighted by Crippen LogP contribution is 2.46. The first-order valence-electron chi connectivity index (χ1n) is 7.65. The fourth-order valence-corrected chi connectivity index (χ4v) is 3.76. The van der Waals surface area contributed by atoms with E-state index in [0.29, 0.717) is 12.0 Å². The Morgan fingerprint density at radius 3 is 2.76 bits per heavy atom. The first kappa shape index (κ1) is 13.2. The van der Waals surface area contributed by atoms with Crippen LogP contribution in [-0.4, -0.2) is 14.8 Å². The van der Waals surface area contributed by atoms with Gasteiger partial charge >= 0.3 is 0 Å². The molecule has 0 radical (unpaired) electrons. The number of thioether (sulfide) groups is 1. The van der Waals surface area contributed by atoms with Crippen LogP contribution in [-0.2, 0) is 5.75 Å². The number of benzene rings is 1. The Balaban J connectivity index is 1.56. The summed E-state index contributed by atoms with van der Waals surface area (Å²) in [7, 11) is 0. The Morgan fingerprint density at radius 2 is 2.05 bits per heavy atom. The molecule has 2 fully saturated rings. The molecule has 21 heavy (non-hydrogen) atoms.